The molecule has 1 heterocycles. The first kappa shape index (κ1) is 9.48. The molecule has 0 aliphatic carbocycles. The molecule has 0 unspecified atom stereocenters. The zero-order valence-corrected chi connectivity index (χ0v) is 7.90. The summed E-state index contributed by atoms with van der Waals surface area (Å²) in [6.45, 7) is 0. The summed E-state index contributed by atoms with van der Waals surface area (Å²) in [5.74, 6) is -0.518. The molecule has 2 aromatic rings. The van der Waals surface area contributed by atoms with Crippen LogP contribution in [0.15, 0.2) is 42.7 Å². The molecule has 1 aromatic heterocycles. The number of carbonyl (C=O) groups is 1. The summed E-state index contributed by atoms with van der Waals surface area (Å²) in [6, 6.07) is 9.49. The van der Waals surface area contributed by atoms with Crippen molar-refractivity contribution in [2.24, 2.45) is 0 Å². The SMILES string of the molecule is O=C(NO)c1c[nH]cc1-c1ccccc1. The molecule has 0 saturated carbocycles. The highest BCUT2D eigenvalue weighted by Crippen LogP contribution is 2.22. The first-order valence-corrected chi connectivity index (χ1v) is 4.49. The molecular formula is C11H10N2O2. The highest BCUT2D eigenvalue weighted by Gasteiger charge is 2.12. The number of hydrogen-bond acceptors (Lipinski definition) is 2. The number of nitrogens with one attached hydrogen (secondary N) is 2. The number of carbonyl (C=O) groups excluding carboxylic acids is 1. The third-order valence-electron chi connectivity index (χ3n) is 2.18. The van der Waals surface area contributed by atoms with Gasteiger partial charge in [-0.25, -0.2) is 5.48 Å². The Kier molecular flexibility index (Phi) is 2.51. The number of hydrogen-bond donors (Lipinski definition) is 3. The minimum absolute atomic E-state index is 0.420. The Hall–Kier alpha value is -2.07. The van der Waals surface area contributed by atoms with Crippen LogP contribution in [0.3, 0.4) is 0 Å². The van der Waals surface area contributed by atoms with Gasteiger partial charge in [0.2, 0.25) is 0 Å². The minimum atomic E-state index is -0.518. The molecule has 1 aromatic carbocycles. The third-order valence-corrected chi connectivity index (χ3v) is 2.18. The van der Waals surface area contributed by atoms with Crippen LogP contribution in [0, 0.1) is 0 Å². The molecule has 76 valence electrons. The van der Waals surface area contributed by atoms with E-state index in [4.69, 9.17) is 5.21 Å². The van der Waals surface area contributed by atoms with E-state index in [-0.39, 0.29) is 0 Å². The van der Waals surface area contributed by atoms with Gasteiger partial charge in [-0.1, -0.05) is 30.3 Å². The summed E-state index contributed by atoms with van der Waals surface area (Å²) in [5, 5.41) is 8.56. The zero-order chi connectivity index (χ0) is 10.7. The number of hydroxylamine groups is 1. The first-order valence-electron chi connectivity index (χ1n) is 4.49. The third kappa shape index (κ3) is 1.75. The molecular weight excluding hydrogens is 192 g/mol. The van der Waals surface area contributed by atoms with Crippen molar-refractivity contribution in [3.05, 3.63) is 48.3 Å². The van der Waals surface area contributed by atoms with Crippen molar-refractivity contribution in [3.8, 4) is 11.1 Å². The maximum Gasteiger partial charge on any atom is 0.276 e. The van der Waals surface area contributed by atoms with Crippen LogP contribution in [0.2, 0.25) is 0 Å². The van der Waals surface area contributed by atoms with E-state index in [9.17, 15) is 4.79 Å². The summed E-state index contributed by atoms with van der Waals surface area (Å²) < 4.78 is 0. The Labute approximate surface area is 86.5 Å². The molecule has 0 spiro atoms. The maximum atomic E-state index is 11.3. The first-order chi connectivity index (χ1) is 7.33. The van der Waals surface area contributed by atoms with Crippen LogP contribution >= 0.6 is 0 Å². The minimum Gasteiger partial charge on any atom is -0.366 e. The predicted octanol–water partition coefficient (Wildman–Crippen LogP) is 1.80. The van der Waals surface area contributed by atoms with Crippen LogP contribution in [0.4, 0.5) is 0 Å². The second-order valence-electron chi connectivity index (χ2n) is 3.09. The van der Waals surface area contributed by atoms with Gasteiger partial charge < -0.3 is 4.98 Å². The van der Waals surface area contributed by atoms with Gasteiger partial charge in [-0.3, -0.25) is 10.0 Å². The van der Waals surface area contributed by atoms with E-state index in [2.05, 4.69) is 4.98 Å². The molecule has 15 heavy (non-hydrogen) atoms. The summed E-state index contributed by atoms with van der Waals surface area (Å²) >= 11 is 0. The largest absolute Gasteiger partial charge is 0.366 e. The van der Waals surface area contributed by atoms with Gasteiger partial charge in [0.25, 0.3) is 5.91 Å². The van der Waals surface area contributed by atoms with Crippen molar-refractivity contribution < 1.29 is 10.0 Å². The van der Waals surface area contributed by atoms with Crippen LogP contribution in [0.25, 0.3) is 11.1 Å². The molecule has 4 heteroatoms. The number of amides is 1. The van der Waals surface area contributed by atoms with Gasteiger partial charge in [-0.2, -0.15) is 0 Å². The summed E-state index contributed by atoms with van der Waals surface area (Å²) in [7, 11) is 0. The quantitative estimate of drug-likeness (QED) is 0.513. The van der Waals surface area contributed by atoms with Gasteiger partial charge in [0, 0.05) is 18.0 Å². The van der Waals surface area contributed by atoms with E-state index >= 15 is 0 Å². The van der Waals surface area contributed by atoms with E-state index in [0.717, 1.165) is 11.1 Å². The van der Waals surface area contributed by atoms with Gasteiger partial charge in [0.15, 0.2) is 0 Å². The highest BCUT2D eigenvalue weighted by molar-refractivity contribution is 6.00. The average molecular weight is 202 g/mol. The summed E-state index contributed by atoms with van der Waals surface area (Å²) in [6.07, 6.45) is 3.27. The van der Waals surface area contributed by atoms with Crippen molar-refractivity contribution in [1.82, 2.24) is 10.5 Å². The molecule has 0 bridgehead atoms. The molecule has 2 rings (SSSR count). The Morgan fingerprint density at radius 1 is 1.20 bits per heavy atom. The molecule has 1 amide bonds. The lowest BCUT2D eigenvalue weighted by Gasteiger charge is -2.01. The summed E-state index contributed by atoms with van der Waals surface area (Å²) in [4.78, 5) is 14.1. The monoisotopic (exact) mass is 202 g/mol. The van der Waals surface area contributed by atoms with Crippen molar-refractivity contribution >= 4 is 5.91 Å². The second kappa shape index (κ2) is 3.98. The van der Waals surface area contributed by atoms with Crippen LogP contribution in [0.1, 0.15) is 10.4 Å². The average Bonchev–Trinajstić information content (AvgIpc) is 2.78. The van der Waals surface area contributed by atoms with E-state index in [1.165, 1.54) is 0 Å². The topological polar surface area (TPSA) is 65.1 Å². The highest BCUT2D eigenvalue weighted by atomic mass is 16.5. The van der Waals surface area contributed by atoms with E-state index < -0.39 is 5.91 Å². The van der Waals surface area contributed by atoms with Crippen LogP contribution < -0.4 is 5.48 Å². The van der Waals surface area contributed by atoms with Crippen molar-refractivity contribution in [2.75, 3.05) is 0 Å². The normalized spacial score (nSPS) is 9.93. The number of benzene rings is 1. The summed E-state index contributed by atoms with van der Waals surface area (Å²) in [5.41, 5.74) is 3.73. The Bertz CT molecular complexity index is 462. The number of aromatic amines is 1. The van der Waals surface area contributed by atoms with E-state index in [1.807, 2.05) is 30.3 Å². The molecule has 0 radical (unpaired) electrons. The van der Waals surface area contributed by atoms with Crippen molar-refractivity contribution in [3.63, 3.8) is 0 Å². The smallest absolute Gasteiger partial charge is 0.276 e. The Morgan fingerprint density at radius 2 is 1.93 bits per heavy atom. The second-order valence-corrected chi connectivity index (χ2v) is 3.09. The molecule has 0 atom stereocenters. The standard InChI is InChI=1S/C11H10N2O2/c14-11(13-15)10-7-12-6-9(10)8-4-2-1-3-5-8/h1-7,12,15H,(H,13,14). The lowest BCUT2D eigenvalue weighted by molar-refractivity contribution is 0.0707. The van der Waals surface area contributed by atoms with Gasteiger partial charge in [0.05, 0.1) is 5.56 Å². The van der Waals surface area contributed by atoms with Crippen molar-refractivity contribution in [2.45, 2.75) is 0 Å². The van der Waals surface area contributed by atoms with Crippen LogP contribution in [0.5, 0.6) is 0 Å². The molecule has 3 N–H and O–H groups in total. The lowest BCUT2D eigenvalue weighted by atomic mass is 10.0. The molecule has 0 saturated heterocycles. The fourth-order valence-corrected chi connectivity index (χ4v) is 1.47. The van der Waals surface area contributed by atoms with Crippen molar-refractivity contribution in [1.29, 1.82) is 0 Å². The van der Waals surface area contributed by atoms with Gasteiger partial charge in [-0.05, 0) is 5.56 Å². The van der Waals surface area contributed by atoms with Crippen LogP contribution in [-0.2, 0) is 0 Å². The Balaban J connectivity index is 2.46. The molecule has 4 nitrogen and oxygen atoms in total. The molecule has 0 aliphatic rings. The fraction of sp³-hybridized carbons (Fsp3) is 0. The molecule has 0 aliphatic heterocycles. The number of rotatable bonds is 2. The number of aromatic nitrogens is 1. The molecule has 0 fully saturated rings. The predicted molar refractivity (Wildman–Crippen MR) is 55.5 cm³/mol. The van der Waals surface area contributed by atoms with Crippen LogP contribution in [-0.4, -0.2) is 16.1 Å². The maximum absolute atomic E-state index is 11.3. The lowest BCUT2D eigenvalue weighted by Crippen LogP contribution is -2.18. The number of H-pyrrole nitrogens is 1. The van der Waals surface area contributed by atoms with Gasteiger partial charge in [-0.15, -0.1) is 0 Å². The zero-order valence-electron chi connectivity index (χ0n) is 7.90. The fourth-order valence-electron chi connectivity index (χ4n) is 1.47. The van der Waals surface area contributed by atoms with Gasteiger partial charge >= 0.3 is 0 Å². The Morgan fingerprint density at radius 3 is 2.60 bits per heavy atom. The van der Waals surface area contributed by atoms with Gasteiger partial charge in [0.1, 0.15) is 0 Å². The van der Waals surface area contributed by atoms with E-state index in [1.54, 1.807) is 17.9 Å². The van der Waals surface area contributed by atoms with E-state index in [0.29, 0.717) is 5.56 Å².